The summed E-state index contributed by atoms with van der Waals surface area (Å²) in [5, 5.41) is 3.32. The number of thioether (sulfide) groups is 1. The van der Waals surface area contributed by atoms with Crippen molar-refractivity contribution in [3.63, 3.8) is 0 Å². The SMILES string of the molecule is COc1ccc(CCNC(=O)C(=Nc2ccccc2)C2=CC(C)C=CC(C)S2)cc1OC. The summed E-state index contributed by atoms with van der Waals surface area (Å²) >= 11 is 1.66. The van der Waals surface area contributed by atoms with Crippen LogP contribution in [0.1, 0.15) is 19.4 Å². The smallest absolute Gasteiger partial charge is 0.271 e. The quantitative estimate of drug-likeness (QED) is 0.435. The maximum Gasteiger partial charge on any atom is 0.271 e. The molecule has 0 radical (unpaired) electrons. The van der Waals surface area contributed by atoms with E-state index < -0.39 is 0 Å². The Morgan fingerprint density at radius 1 is 1.03 bits per heavy atom. The molecule has 1 N–H and O–H groups in total. The van der Waals surface area contributed by atoms with Crippen molar-refractivity contribution in [1.82, 2.24) is 5.32 Å². The summed E-state index contributed by atoms with van der Waals surface area (Å²) in [7, 11) is 3.23. The number of para-hydroxylation sites is 1. The molecule has 168 valence electrons. The third kappa shape index (κ3) is 6.50. The molecule has 6 heteroatoms. The highest BCUT2D eigenvalue weighted by Crippen LogP contribution is 2.31. The molecule has 0 aromatic heterocycles. The van der Waals surface area contributed by atoms with Crippen LogP contribution in [-0.4, -0.2) is 37.6 Å². The Labute approximate surface area is 194 Å². The molecule has 1 aliphatic rings. The average molecular weight is 451 g/mol. The molecule has 5 nitrogen and oxygen atoms in total. The van der Waals surface area contributed by atoms with Gasteiger partial charge in [0, 0.05) is 16.7 Å². The van der Waals surface area contributed by atoms with Gasteiger partial charge in [0.1, 0.15) is 5.71 Å². The van der Waals surface area contributed by atoms with Crippen molar-refractivity contribution < 1.29 is 14.3 Å². The number of allylic oxidation sites excluding steroid dienone is 2. The van der Waals surface area contributed by atoms with E-state index in [1.165, 1.54) is 0 Å². The maximum atomic E-state index is 13.2. The molecule has 32 heavy (non-hydrogen) atoms. The Bertz CT molecular complexity index is 1010. The minimum absolute atomic E-state index is 0.172. The van der Waals surface area contributed by atoms with Gasteiger partial charge in [-0.3, -0.25) is 4.79 Å². The summed E-state index contributed by atoms with van der Waals surface area (Å²) in [6, 6.07) is 15.4. The van der Waals surface area contributed by atoms with Crippen molar-refractivity contribution in [3.8, 4) is 11.5 Å². The normalized spacial score (nSPS) is 18.5. The summed E-state index contributed by atoms with van der Waals surface area (Å²) in [6.07, 6.45) is 7.12. The van der Waals surface area contributed by atoms with Crippen molar-refractivity contribution >= 4 is 29.1 Å². The minimum atomic E-state index is -0.172. The topological polar surface area (TPSA) is 59.9 Å². The first-order chi connectivity index (χ1) is 15.5. The Balaban J connectivity index is 1.77. The molecule has 0 bridgehead atoms. The minimum Gasteiger partial charge on any atom is -0.493 e. The number of aliphatic imine (C=N–C) groups is 1. The Kier molecular flexibility index (Phi) is 8.56. The van der Waals surface area contributed by atoms with Crippen LogP contribution in [0.15, 0.2) is 76.7 Å². The van der Waals surface area contributed by atoms with Gasteiger partial charge in [-0.05, 0) is 49.1 Å². The highest BCUT2D eigenvalue weighted by Gasteiger charge is 2.21. The van der Waals surface area contributed by atoms with Gasteiger partial charge >= 0.3 is 0 Å². The van der Waals surface area contributed by atoms with Gasteiger partial charge in [0.2, 0.25) is 0 Å². The van der Waals surface area contributed by atoms with Crippen LogP contribution in [0.4, 0.5) is 5.69 Å². The molecule has 2 atom stereocenters. The van der Waals surface area contributed by atoms with Gasteiger partial charge in [0.25, 0.3) is 5.91 Å². The molecule has 0 aliphatic carbocycles. The van der Waals surface area contributed by atoms with Gasteiger partial charge < -0.3 is 14.8 Å². The fourth-order valence-electron chi connectivity index (χ4n) is 3.33. The molecule has 3 rings (SSSR count). The zero-order valence-electron chi connectivity index (χ0n) is 19.0. The number of hydrogen-bond acceptors (Lipinski definition) is 5. The Morgan fingerprint density at radius 3 is 2.50 bits per heavy atom. The number of methoxy groups -OCH3 is 2. The van der Waals surface area contributed by atoms with Crippen molar-refractivity contribution in [1.29, 1.82) is 0 Å². The first kappa shape index (κ1) is 23.7. The van der Waals surface area contributed by atoms with E-state index in [1.807, 2.05) is 48.5 Å². The van der Waals surface area contributed by atoms with Crippen molar-refractivity contribution in [3.05, 3.63) is 77.2 Å². The highest BCUT2D eigenvalue weighted by atomic mass is 32.2. The van der Waals surface area contributed by atoms with E-state index in [-0.39, 0.29) is 17.1 Å². The first-order valence-electron chi connectivity index (χ1n) is 10.7. The number of nitrogens with zero attached hydrogens (tertiary/aromatic N) is 1. The summed E-state index contributed by atoms with van der Waals surface area (Å²) < 4.78 is 10.7. The summed E-state index contributed by atoms with van der Waals surface area (Å²) in [4.78, 5) is 18.8. The van der Waals surface area contributed by atoms with Gasteiger partial charge in [-0.2, -0.15) is 0 Å². The fourth-order valence-corrected chi connectivity index (χ4v) is 4.44. The number of hydrogen-bond donors (Lipinski definition) is 1. The molecule has 0 saturated heterocycles. The molecule has 2 unspecified atom stereocenters. The predicted octanol–water partition coefficient (Wildman–Crippen LogP) is 5.35. The first-order valence-corrected chi connectivity index (χ1v) is 11.6. The lowest BCUT2D eigenvalue weighted by atomic mass is 10.1. The van der Waals surface area contributed by atoms with Crippen LogP contribution in [-0.2, 0) is 11.2 Å². The van der Waals surface area contributed by atoms with Crippen LogP contribution in [0.3, 0.4) is 0 Å². The number of carbonyl (C=O) groups is 1. The van der Waals surface area contributed by atoms with Crippen molar-refractivity contribution in [2.45, 2.75) is 25.5 Å². The van der Waals surface area contributed by atoms with Crippen LogP contribution in [0, 0.1) is 5.92 Å². The number of nitrogens with one attached hydrogen (secondary N) is 1. The van der Waals surface area contributed by atoms with Gasteiger partial charge in [-0.1, -0.05) is 49.4 Å². The highest BCUT2D eigenvalue weighted by molar-refractivity contribution is 8.04. The van der Waals surface area contributed by atoms with Gasteiger partial charge in [-0.25, -0.2) is 4.99 Å². The van der Waals surface area contributed by atoms with Gasteiger partial charge in [0.15, 0.2) is 11.5 Å². The summed E-state index contributed by atoms with van der Waals surface area (Å²) in [6.45, 7) is 4.73. The van der Waals surface area contributed by atoms with Crippen LogP contribution < -0.4 is 14.8 Å². The molecule has 0 saturated carbocycles. The van der Waals surface area contributed by atoms with E-state index in [0.717, 1.165) is 16.2 Å². The molecule has 0 spiro atoms. The zero-order chi connectivity index (χ0) is 22.9. The predicted molar refractivity (Wildman–Crippen MR) is 133 cm³/mol. The average Bonchev–Trinajstić information content (AvgIpc) is 2.98. The largest absolute Gasteiger partial charge is 0.493 e. The lowest BCUT2D eigenvalue weighted by molar-refractivity contribution is -0.114. The molecule has 2 aromatic rings. The van der Waals surface area contributed by atoms with Crippen LogP contribution >= 0.6 is 11.8 Å². The number of amides is 1. The second-order valence-electron chi connectivity index (χ2n) is 7.59. The van der Waals surface area contributed by atoms with E-state index in [9.17, 15) is 4.79 Å². The lowest BCUT2D eigenvalue weighted by Crippen LogP contribution is -2.33. The Morgan fingerprint density at radius 2 is 1.78 bits per heavy atom. The van der Waals surface area contributed by atoms with E-state index >= 15 is 0 Å². The van der Waals surface area contributed by atoms with E-state index in [0.29, 0.717) is 30.2 Å². The molecule has 0 fully saturated rings. The zero-order valence-corrected chi connectivity index (χ0v) is 19.8. The van der Waals surface area contributed by atoms with Gasteiger partial charge in [-0.15, -0.1) is 11.8 Å². The molecule has 1 aliphatic heterocycles. The van der Waals surface area contributed by atoms with Crippen molar-refractivity contribution in [2.75, 3.05) is 20.8 Å². The van der Waals surface area contributed by atoms with Crippen LogP contribution in [0.5, 0.6) is 11.5 Å². The second-order valence-corrected chi connectivity index (χ2v) is 9.01. The van der Waals surface area contributed by atoms with E-state index in [2.05, 4.69) is 37.4 Å². The number of carbonyl (C=O) groups excluding carboxylic acids is 1. The molecular formula is C26H30N2O3S. The van der Waals surface area contributed by atoms with Crippen molar-refractivity contribution in [2.24, 2.45) is 10.9 Å². The number of rotatable bonds is 8. The number of ether oxygens (including phenoxy) is 2. The van der Waals surface area contributed by atoms with E-state index in [4.69, 9.17) is 14.5 Å². The Hall–Kier alpha value is -2.99. The standard InChI is InChI=1S/C26H30N2O3S/c1-18-10-11-19(2)32-24(16-18)25(28-21-8-6-5-7-9-21)26(29)27-15-14-20-12-13-22(30-3)23(17-20)31-4/h5-13,16-19H,14-15H2,1-4H3,(H,27,29). The number of benzene rings is 2. The monoisotopic (exact) mass is 450 g/mol. The third-order valence-corrected chi connectivity index (χ3v) is 6.12. The second kappa shape index (κ2) is 11.6. The van der Waals surface area contributed by atoms with Gasteiger partial charge in [0.05, 0.1) is 19.9 Å². The van der Waals surface area contributed by atoms with E-state index in [1.54, 1.807) is 26.0 Å². The summed E-state index contributed by atoms with van der Waals surface area (Å²) in [5.41, 5.74) is 2.27. The maximum absolute atomic E-state index is 13.2. The summed E-state index contributed by atoms with van der Waals surface area (Å²) in [5.74, 6) is 1.43. The molecular weight excluding hydrogens is 420 g/mol. The third-order valence-electron chi connectivity index (χ3n) is 5.01. The fraction of sp³-hybridized carbons (Fsp3) is 0.308. The molecule has 2 aromatic carbocycles. The molecule has 1 amide bonds. The lowest BCUT2D eigenvalue weighted by Gasteiger charge is -2.14. The van der Waals surface area contributed by atoms with Crippen LogP contribution in [0.25, 0.3) is 0 Å². The molecule has 1 heterocycles. The van der Waals surface area contributed by atoms with Crippen LogP contribution in [0.2, 0.25) is 0 Å².